The average molecular weight is 637 g/mol. The molecule has 1 atom stereocenters. The number of halogens is 8. The monoisotopic (exact) mass is 636 g/mol. The molecule has 1 heterocycles. The normalized spacial score (nSPS) is 29.2. The SMILES string of the molecule is CC1COC(C2CCC(c3ccc(C4CCC(C(F)(F)Oc5ccc(OC(F)C(F)(F)F)c(F)c5)CC4)c(F)c3)CC2)OC1. The van der Waals surface area contributed by atoms with Crippen LogP contribution in [-0.2, 0) is 9.47 Å². The van der Waals surface area contributed by atoms with Gasteiger partial charge in [0.05, 0.1) is 19.1 Å². The molecule has 2 aliphatic carbocycles. The van der Waals surface area contributed by atoms with Crippen LogP contribution in [0.4, 0.5) is 35.1 Å². The van der Waals surface area contributed by atoms with Gasteiger partial charge in [-0.15, -0.1) is 0 Å². The molecule has 44 heavy (non-hydrogen) atoms. The molecule has 2 aromatic rings. The van der Waals surface area contributed by atoms with E-state index in [-0.39, 0.29) is 36.8 Å². The highest BCUT2D eigenvalue weighted by molar-refractivity contribution is 5.34. The molecule has 1 aliphatic heterocycles. The predicted molar refractivity (Wildman–Crippen MR) is 144 cm³/mol. The Morgan fingerprint density at radius 1 is 0.773 bits per heavy atom. The summed E-state index contributed by atoms with van der Waals surface area (Å²) in [6, 6.07) is 7.06. The third-order valence-electron chi connectivity index (χ3n) is 9.03. The van der Waals surface area contributed by atoms with Crippen molar-refractivity contribution in [1.82, 2.24) is 0 Å². The molecule has 2 aromatic carbocycles. The number of benzene rings is 2. The molecule has 0 amide bonds. The zero-order valence-corrected chi connectivity index (χ0v) is 24.2. The van der Waals surface area contributed by atoms with Crippen LogP contribution in [0.25, 0.3) is 0 Å². The van der Waals surface area contributed by atoms with Gasteiger partial charge in [0.2, 0.25) is 0 Å². The number of hydrogen-bond donors (Lipinski definition) is 0. The van der Waals surface area contributed by atoms with E-state index in [1.165, 1.54) is 0 Å². The Kier molecular flexibility index (Phi) is 9.99. The summed E-state index contributed by atoms with van der Waals surface area (Å²) < 4.78 is 130. The lowest BCUT2D eigenvalue weighted by atomic mass is 9.76. The van der Waals surface area contributed by atoms with Gasteiger partial charge in [-0.3, -0.25) is 0 Å². The average Bonchev–Trinajstić information content (AvgIpc) is 2.98. The summed E-state index contributed by atoms with van der Waals surface area (Å²) in [5.41, 5.74) is 1.42. The van der Waals surface area contributed by atoms with Crippen LogP contribution in [0.15, 0.2) is 36.4 Å². The summed E-state index contributed by atoms with van der Waals surface area (Å²) in [4.78, 5) is 0. The van der Waals surface area contributed by atoms with E-state index in [2.05, 4.69) is 11.7 Å². The highest BCUT2D eigenvalue weighted by Gasteiger charge is 2.45. The Morgan fingerprint density at radius 2 is 1.41 bits per heavy atom. The lowest BCUT2D eigenvalue weighted by Crippen LogP contribution is -2.37. The first-order chi connectivity index (χ1) is 20.8. The molecular weight excluding hydrogens is 600 g/mol. The summed E-state index contributed by atoms with van der Waals surface area (Å²) in [5, 5.41) is 0. The van der Waals surface area contributed by atoms with Crippen LogP contribution >= 0.6 is 0 Å². The van der Waals surface area contributed by atoms with E-state index >= 15 is 4.39 Å². The second kappa shape index (κ2) is 13.4. The van der Waals surface area contributed by atoms with Gasteiger partial charge in [-0.05, 0) is 92.5 Å². The maximum Gasteiger partial charge on any atom is 0.457 e. The fourth-order valence-corrected chi connectivity index (χ4v) is 6.54. The fraction of sp³-hybridized carbons (Fsp3) is 0.625. The summed E-state index contributed by atoms with van der Waals surface area (Å²) in [7, 11) is 0. The predicted octanol–water partition coefficient (Wildman–Crippen LogP) is 9.43. The highest BCUT2D eigenvalue weighted by Crippen LogP contribution is 2.45. The Morgan fingerprint density at radius 3 is 2.00 bits per heavy atom. The smallest absolute Gasteiger partial charge is 0.449 e. The maximum absolute atomic E-state index is 15.3. The molecule has 1 saturated heterocycles. The van der Waals surface area contributed by atoms with E-state index < -0.39 is 41.9 Å². The van der Waals surface area contributed by atoms with Gasteiger partial charge in [0.25, 0.3) is 0 Å². The van der Waals surface area contributed by atoms with Crippen molar-refractivity contribution in [2.75, 3.05) is 13.2 Å². The van der Waals surface area contributed by atoms with Crippen molar-refractivity contribution in [3.63, 3.8) is 0 Å². The van der Waals surface area contributed by atoms with E-state index in [1.54, 1.807) is 12.1 Å². The first-order valence-corrected chi connectivity index (χ1v) is 15.1. The van der Waals surface area contributed by atoms with Crippen molar-refractivity contribution in [2.45, 2.75) is 95.1 Å². The van der Waals surface area contributed by atoms with Gasteiger partial charge >= 0.3 is 18.6 Å². The number of ether oxygens (including phenoxy) is 4. The van der Waals surface area contributed by atoms with Crippen molar-refractivity contribution in [1.29, 1.82) is 0 Å². The Bertz CT molecular complexity index is 1250. The van der Waals surface area contributed by atoms with E-state index in [0.717, 1.165) is 37.3 Å². The van der Waals surface area contributed by atoms with Gasteiger partial charge < -0.3 is 18.9 Å². The molecule has 0 bridgehead atoms. The molecule has 12 heteroatoms. The van der Waals surface area contributed by atoms with Crippen LogP contribution in [0.2, 0.25) is 0 Å². The van der Waals surface area contributed by atoms with Gasteiger partial charge in [-0.1, -0.05) is 19.1 Å². The Labute approximate surface area is 251 Å². The zero-order chi connectivity index (χ0) is 31.6. The Hall–Kier alpha value is -2.60. The summed E-state index contributed by atoms with van der Waals surface area (Å²) >= 11 is 0. The van der Waals surface area contributed by atoms with Crippen molar-refractivity contribution < 1.29 is 54.1 Å². The first-order valence-electron chi connectivity index (χ1n) is 15.1. The third-order valence-corrected chi connectivity index (χ3v) is 9.03. The molecule has 1 unspecified atom stereocenters. The fourth-order valence-electron chi connectivity index (χ4n) is 6.54. The number of alkyl halides is 6. The minimum atomic E-state index is -5.38. The van der Waals surface area contributed by atoms with Gasteiger partial charge in [-0.25, -0.2) is 8.78 Å². The molecular formula is C32H36F8O4. The first kappa shape index (κ1) is 32.8. The van der Waals surface area contributed by atoms with Crippen LogP contribution in [0, 0.1) is 29.4 Å². The maximum atomic E-state index is 15.3. The van der Waals surface area contributed by atoms with Crippen molar-refractivity contribution >= 4 is 0 Å². The van der Waals surface area contributed by atoms with Gasteiger partial charge in [0.1, 0.15) is 11.6 Å². The van der Waals surface area contributed by atoms with Crippen molar-refractivity contribution in [3.8, 4) is 11.5 Å². The quantitative estimate of drug-likeness (QED) is 0.271. The van der Waals surface area contributed by atoms with Crippen LogP contribution in [0.3, 0.4) is 0 Å². The van der Waals surface area contributed by atoms with Crippen LogP contribution in [-0.4, -0.2) is 38.1 Å². The standard InChI is InChI=1S/C32H36F8O4/c1-18-16-41-29(42-17-18)21-4-2-19(3-5-21)22-8-12-25(26(33)14-22)20-6-9-23(10-7-20)32(39,40)44-24-11-13-28(27(34)15-24)43-30(35)31(36,37)38/h8,11-15,18-21,23,29-30H,2-7,9-10,16-17H2,1H3. The summed E-state index contributed by atoms with van der Waals surface area (Å²) in [6.45, 7) is 3.49. The molecule has 2 saturated carbocycles. The third kappa shape index (κ3) is 7.78. The highest BCUT2D eigenvalue weighted by atomic mass is 19.4. The molecule has 0 spiro atoms. The molecule has 3 fully saturated rings. The van der Waals surface area contributed by atoms with E-state index in [0.29, 0.717) is 55.6 Å². The summed E-state index contributed by atoms with van der Waals surface area (Å²) in [6.07, 6.45) is -8.72. The lowest BCUT2D eigenvalue weighted by molar-refractivity contribution is -0.237. The summed E-state index contributed by atoms with van der Waals surface area (Å²) in [5.74, 6) is -4.09. The number of hydrogen-bond acceptors (Lipinski definition) is 4. The van der Waals surface area contributed by atoms with Crippen molar-refractivity contribution in [2.24, 2.45) is 17.8 Å². The molecule has 244 valence electrons. The minimum absolute atomic E-state index is 0.0196. The number of rotatable bonds is 8. The molecule has 0 aromatic heterocycles. The van der Waals surface area contributed by atoms with E-state index in [9.17, 15) is 30.7 Å². The second-order valence-electron chi connectivity index (χ2n) is 12.3. The van der Waals surface area contributed by atoms with Gasteiger partial charge in [0, 0.05) is 17.9 Å². The van der Waals surface area contributed by atoms with Crippen LogP contribution in [0.1, 0.15) is 81.3 Å². The van der Waals surface area contributed by atoms with Gasteiger partial charge in [-0.2, -0.15) is 26.3 Å². The van der Waals surface area contributed by atoms with E-state index in [4.69, 9.17) is 14.2 Å². The Balaban J connectivity index is 1.12. The molecule has 5 rings (SSSR count). The molecule has 0 radical (unpaired) electrons. The van der Waals surface area contributed by atoms with Gasteiger partial charge in [0.15, 0.2) is 17.9 Å². The van der Waals surface area contributed by atoms with Crippen LogP contribution in [0.5, 0.6) is 11.5 Å². The molecule has 4 nitrogen and oxygen atoms in total. The zero-order valence-electron chi connectivity index (χ0n) is 24.2. The van der Waals surface area contributed by atoms with Crippen LogP contribution < -0.4 is 9.47 Å². The van der Waals surface area contributed by atoms with E-state index in [1.807, 2.05) is 6.07 Å². The lowest BCUT2D eigenvalue weighted by Gasteiger charge is -2.37. The van der Waals surface area contributed by atoms with Crippen molar-refractivity contribution in [3.05, 3.63) is 59.2 Å². The molecule has 3 aliphatic rings. The molecule has 0 N–H and O–H groups in total. The second-order valence-corrected chi connectivity index (χ2v) is 12.3. The topological polar surface area (TPSA) is 36.9 Å². The largest absolute Gasteiger partial charge is 0.457 e. The minimum Gasteiger partial charge on any atom is -0.449 e.